The Morgan fingerprint density at radius 2 is 2.15 bits per heavy atom. The second kappa shape index (κ2) is 8.60. The fourth-order valence-corrected chi connectivity index (χ4v) is 4.87. The quantitative estimate of drug-likeness (QED) is 0.447. The molecule has 0 bridgehead atoms. The first-order chi connectivity index (χ1) is 16.7. The Labute approximate surface area is 195 Å². The number of furan rings is 1. The molecule has 2 aliphatic heterocycles. The molecule has 2 aliphatic rings. The summed E-state index contributed by atoms with van der Waals surface area (Å²) in [6.45, 7) is 2.00. The molecule has 0 aromatic carbocycles. The van der Waals surface area contributed by atoms with Gasteiger partial charge in [0.1, 0.15) is 23.7 Å². The number of anilines is 1. The van der Waals surface area contributed by atoms with E-state index in [1.54, 1.807) is 30.1 Å². The highest BCUT2D eigenvalue weighted by atomic mass is 16.5. The van der Waals surface area contributed by atoms with E-state index in [4.69, 9.17) is 13.9 Å². The standard InChI is InChI=1S/C24H26N6O4/c1-32-14-16-3-2-10-29(16)24-17-11-20(34-19(17)8-9-25-24)18-12-26-21-5-7-23(28-30(18)21)33-13-15-4-6-22(31)27-15/h5,7-9,11-12,15-16H,2-4,6,10,13-14H2,1H3,(H,27,31)/t15-,16-/m1/s1. The molecule has 176 valence electrons. The highest BCUT2D eigenvalue weighted by molar-refractivity contribution is 5.92. The van der Waals surface area contributed by atoms with Gasteiger partial charge in [0.05, 0.1) is 30.3 Å². The smallest absolute Gasteiger partial charge is 0.231 e. The van der Waals surface area contributed by atoms with Gasteiger partial charge in [-0.1, -0.05) is 0 Å². The van der Waals surface area contributed by atoms with Crippen LogP contribution in [0.5, 0.6) is 5.88 Å². The van der Waals surface area contributed by atoms with Crippen LogP contribution in [-0.2, 0) is 9.53 Å². The van der Waals surface area contributed by atoms with Crippen LogP contribution < -0.4 is 15.0 Å². The minimum Gasteiger partial charge on any atom is -0.474 e. The Hall–Kier alpha value is -3.66. The molecule has 2 saturated heterocycles. The van der Waals surface area contributed by atoms with Gasteiger partial charge in [0.2, 0.25) is 11.8 Å². The van der Waals surface area contributed by atoms with Gasteiger partial charge in [-0.3, -0.25) is 4.79 Å². The van der Waals surface area contributed by atoms with Crippen LogP contribution in [0.2, 0.25) is 0 Å². The molecule has 6 rings (SSSR count). The summed E-state index contributed by atoms with van der Waals surface area (Å²) >= 11 is 0. The van der Waals surface area contributed by atoms with Crippen molar-refractivity contribution in [2.24, 2.45) is 0 Å². The van der Waals surface area contributed by atoms with E-state index in [9.17, 15) is 4.79 Å². The molecule has 6 heterocycles. The number of carbonyl (C=O) groups excluding carboxylic acids is 1. The van der Waals surface area contributed by atoms with Crippen molar-refractivity contribution in [1.82, 2.24) is 24.9 Å². The molecule has 1 amide bonds. The Morgan fingerprint density at radius 1 is 1.21 bits per heavy atom. The molecule has 10 nitrogen and oxygen atoms in total. The molecule has 34 heavy (non-hydrogen) atoms. The molecule has 1 N–H and O–H groups in total. The van der Waals surface area contributed by atoms with Gasteiger partial charge in [-0.25, -0.2) is 14.5 Å². The average Bonchev–Trinajstić information content (AvgIpc) is 3.63. The fourth-order valence-electron chi connectivity index (χ4n) is 4.87. The third-order valence-corrected chi connectivity index (χ3v) is 6.54. The second-order valence-corrected chi connectivity index (χ2v) is 8.80. The van der Waals surface area contributed by atoms with Gasteiger partial charge >= 0.3 is 0 Å². The molecule has 4 aromatic heterocycles. The van der Waals surface area contributed by atoms with Gasteiger partial charge in [0.25, 0.3) is 0 Å². The van der Waals surface area contributed by atoms with Gasteiger partial charge in [0.15, 0.2) is 11.4 Å². The van der Waals surface area contributed by atoms with E-state index in [2.05, 4.69) is 25.3 Å². The van der Waals surface area contributed by atoms with Crippen molar-refractivity contribution in [2.45, 2.75) is 37.8 Å². The van der Waals surface area contributed by atoms with Gasteiger partial charge in [-0.15, -0.1) is 5.10 Å². The number of ether oxygens (including phenoxy) is 2. The molecule has 0 saturated carbocycles. The predicted molar refractivity (Wildman–Crippen MR) is 125 cm³/mol. The molecule has 2 atom stereocenters. The SMILES string of the molecule is COC[C@H]1CCCN1c1nccc2oc(-c3cnc4ccc(OC[C@H]5CCC(=O)N5)nn34)cc12. The third-order valence-electron chi connectivity index (χ3n) is 6.54. The normalized spacial score (nSPS) is 20.5. The lowest BCUT2D eigenvalue weighted by atomic mass is 10.2. The minimum absolute atomic E-state index is 0.0149. The lowest BCUT2D eigenvalue weighted by molar-refractivity contribution is -0.119. The number of hydrogen-bond acceptors (Lipinski definition) is 8. The first-order valence-electron chi connectivity index (χ1n) is 11.6. The molecule has 0 radical (unpaired) electrons. The summed E-state index contributed by atoms with van der Waals surface area (Å²) < 4.78 is 19.2. The number of hydrogen-bond donors (Lipinski definition) is 1. The number of rotatable bonds is 7. The summed E-state index contributed by atoms with van der Waals surface area (Å²) in [4.78, 5) is 22.9. The minimum atomic E-state index is 0.0149. The first-order valence-corrected chi connectivity index (χ1v) is 11.6. The fraction of sp³-hybridized carbons (Fsp3) is 0.417. The van der Waals surface area contributed by atoms with Crippen molar-refractivity contribution in [2.75, 3.05) is 31.8 Å². The predicted octanol–water partition coefficient (Wildman–Crippen LogP) is 2.81. The molecule has 2 fully saturated rings. The summed E-state index contributed by atoms with van der Waals surface area (Å²) in [5.74, 6) is 2.10. The summed E-state index contributed by atoms with van der Waals surface area (Å²) in [5, 5.41) is 8.48. The Balaban J connectivity index is 1.31. The van der Waals surface area contributed by atoms with E-state index in [-0.39, 0.29) is 11.9 Å². The van der Waals surface area contributed by atoms with E-state index >= 15 is 0 Å². The topological polar surface area (TPSA) is 107 Å². The maximum Gasteiger partial charge on any atom is 0.231 e. The number of amides is 1. The Morgan fingerprint density at radius 3 is 3.00 bits per heavy atom. The zero-order valence-electron chi connectivity index (χ0n) is 18.9. The van der Waals surface area contributed by atoms with Crippen LogP contribution in [0.3, 0.4) is 0 Å². The van der Waals surface area contributed by atoms with Crippen LogP contribution in [0.15, 0.2) is 41.1 Å². The first kappa shape index (κ1) is 20.9. The van der Waals surface area contributed by atoms with Crippen LogP contribution in [0.4, 0.5) is 5.82 Å². The highest BCUT2D eigenvalue weighted by Crippen LogP contribution is 2.35. The van der Waals surface area contributed by atoms with Crippen molar-refractivity contribution in [3.05, 3.63) is 36.7 Å². The number of methoxy groups -OCH3 is 1. The third kappa shape index (κ3) is 3.73. The summed E-state index contributed by atoms with van der Waals surface area (Å²) in [6, 6.07) is 7.85. The summed E-state index contributed by atoms with van der Waals surface area (Å²) in [7, 11) is 1.74. The summed E-state index contributed by atoms with van der Waals surface area (Å²) in [6.07, 6.45) is 7.04. The van der Waals surface area contributed by atoms with Gasteiger partial charge in [-0.05, 0) is 37.5 Å². The number of nitrogens with zero attached hydrogens (tertiary/aromatic N) is 5. The lowest BCUT2D eigenvalue weighted by Gasteiger charge is -2.25. The molecule has 4 aromatic rings. The number of fused-ring (bicyclic) bond motifs is 2. The number of aromatic nitrogens is 4. The molecule has 10 heteroatoms. The van der Waals surface area contributed by atoms with Crippen LogP contribution in [0.1, 0.15) is 25.7 Å². The maximum atomic E-state index is 11.4. The number of nitrogens with one attached hydrogen (secondary N) is 1. The van der Waals surface area contributed by atoms with E-state index in [1.807, 2.05) is 18.2 Å². The van der Waals surface area contributed by atoms with Crippen molar-refractivity contribution in [3.8, 4) is 17.3 Å². The lowest BCUT2D eigenvalue weighted by Crippen LogP contribution is -2.33. The zero-order chi connectivity index (χ0) is 23.1. The van der Waals surface area contributed by atoms with Crippen LogP contribution in [-0.4, -0.2) is 64.4 Å². The van der Waals surface area contributed by atoms with Gasteiger partial charge in [0, 0.05) is 32.3 Å². The second-order valence-electron chi connectivity index (χ2n) is 8.80. The van der Waals surface area contributed by atoms with E-state index in [1.165, 1.54) is 0 Å². The highest BCUT2D eigenvalue weighted by Gasteiger charge is 2.28. The van der Waals surface area contributed by atoms with Crippen molar-refractivity contribution in [3.63, 3.8) is 0 Å². The summed E-state index contributed by atoms with van der Waals surface area (Å²) in [5.41, 5.74) is 2.18. The Kier molecular flexibility index (Phi) is 5.29. The molecule has 0 unspecified atom stereocenters. The van der Waals surface area contributed by atoms with Gasteiger partial charge < -0.3 is 24.1 Å². The van der Waals surface area contributed by atoms with Crippen LogP contribution in [0.25, 0.3) is 28.1 Å². The van der Waals surface area contributed by atoms with Crippen LogP contribution in [0, 0.1) is 0 Å². The molecule has 0 aliphatic carbocycles. The average molecular weight is 463 g/mol. The molecular formula is C24H26N6O4. The number of carbonyl (C=O) groups is 1. The zero-order valence-corrected chi connectivity index (χ0v) is 18.9. The van der Waals surface area contributed by atoms with Crippen molar-refractivity contribution < 1.29 is 18.7 Å². The Bertz CT molecular complexity index is 1350. The molecular weight excluding hydrogens is 436 g/mol. The van der Waals surface area contributed by atoms with Crippen LogP contribution >= 0.6 is 0 Å². The van der Waals surface area contributed by atoms with Crippen molar-refractivity contribution in [1.29, 1.82) is 0 Å². The number of pyridine rings is 1. The monoisotopic (exact) mass is 462 g/mol. The van der Waals surface area contributed by atoms with Crippen molar-refractivity contribution >= 4 is 28.3 Å². The molecule has 0 spiro atoms. The van der Waals surface area contributed by atoms with Gasteiger partial charge in [-0.2, -0.15) is 0 Å². The largest absolute Gasteiger partial charge is 0.474 e. The van der Waals surface area contributed by atoms with E-state index < -0.39 is 0 Å². The van der Waals surface area contributed by atoms with E-state index in [0.717, 1.165) is 48.3 Å². The maximum absolute atomic E-state index is 11.4. The number of imidazole rings is 1. The van der Waals surface area contributed by atoms with E-state index in [0.29, 0.717) is 43.0 Å².